The minimum absolute atomic E-state index is 0.133. The highest BCUT2D eigenvalue weighted by Crippen LogP contribution is 2.38. The summed E-state index contributed by atoms with van der Waals surface area (Å²) in [5.74, 6) is 1.90. The zero-order valence-corrected chi connectivity index (χ0v) is 14.0. The Kier molecular flexibility index (Phi) is 4.74. The molecule has 1 heterocycles. The quantitative estimate of drug-likeness (QED) is 0.748. The third kappa shape index (κ3) is 3.31. The monoisotopic (exact) mass is 314 g/mol. The molecular weight excluding hydrogens is 292 g/mol. The summed E-state index contributed by atoms with van der Waals surface area (Å²) in [5.41, 5.74) is 2.81. The van der Waals surface area contributed by atoms with Gasteiger partial charge >= 0.3 is 0 Å². The molecule has 2 aromatic rings. The highest BCUT2D eigenvalue weighted by Gasteiger charge is 2.32. The number of methoxy groups -OCH3 is 1. The van der Waals surface area contributed by atoms with Crippen LogP contribution in [0.15, 0.2) is 53.4 Å². The lowest BCUT2D eigenvalue weighted by molar-refractivity contribution is 0.180. The highest BCUT2D eigenvalue weighted by atomic mass is 32.2. The van der Waals surface area contributed by atoms with E-state index in [9.17, 15) is 0 Å². The summed E-state index contributed by atoms with van der Waals surface area (Å²) in [6.45, 7) is 3.95. The van der Waals surface area contributed by atoms with Gasteiger partial charge in [0.1, 0.15) is 5.75 Å². The van der Waals surface area contributed by atoms with Gasteiger partial charge in [-0.3, -0.25) is 0 Å². The van der Waals surface area contributed by atoms with E-state index in [4.69, 9.17) is 9.47 Å². The van der Waals surface area contributed by atoms with Gasteiger partial charge in [-0.05, 0) is 29.7 Å². The van der Waals surface area contributed by atoms with Gasteiger partial charge in [0.25, 0.3) is 0 Å². The smallest absolute Gasteiger partial charge is 0.132 e. The first-order chi connectivity index (χ1) is 10.7. The lowest BCUT2D eigenvalue weighted by atomic mass is 9.82. The van der Waals surface area contributed by atoms with E-state index in [0.29, 0.717) is 0 Å². The molecule has 0 N–H and O–H groups in total. The second-order valence-electron chi connectivity index (χ2n) is 6.00. The summed E-state index contributed by atoms with van der Waals surface area (Å²) in [6, 6.07) is 17.1. The minimum atomic E-state index is 0.133. The molecule has 0 saturated carbocycles. The van der Waals surface area contributed by atoms with Crippen molar-refractivity contribution < 1.29 is 9.47 Å². The fourth-order valence-corrected chi connectivity index (χ4v) is 3.81. The predicted molar refractivity (Wildman–Crippen MR) is 91.8 cm³/mol. The molecule has 0 aromatic heterocycles. The molecule has 0 amide bonds. The van der Waals surface area contributed by atoms with Gasteiger partial charge in [0.05, 0.1) is 13.7 Å². The lowest BCUT2D eigenvalue weighted by Gasteiger charge is -2.23. The number of rotatable bonds is 5. The van der Waals surface area contributed by atoms with Crippen molar-refractivity contribution >= 4 is 11.8 Å². The van der Waals surface area contributed by atoms with Gasteiger partial charge in [-0.1, -0.05) is 43.3 Å². The maximum Gasteiger partial charge on any atom is 0.132 e. The van der Waals surface area contributed by atoms with Crippen molar-refractivity contribution in [1.82, 2.24) is 0 Å². The molecule has 1 aliphatic heterocycles. The summed E-state index contributed by atoms with van der Waals surface area (Å²) in [6.07, 6.45) is 1.09. The Hall–Kier alpha value is -1.45. The molecule has 2 nitrogen and oxygen atoms in total. The molecule has 3 rings (SSSR count). The van der Waals surface area contributed by atoms with Gasteiger partial charge in [0, 0.05) is 22.7 Å². The van der Waals surface area contributed by atoms with E-state index in [1.807, 2.05) is 11.8 Å². The number of hydrogen-bond donors (Lipinski definition) is 0. The first-order valence-corrected chi connectivity index (χ1v) is 8.63. The third-order valence-electron chi connectivity index (χ3n) is 4.32. The Morgan fingerprint density at radius 2 is 2.00 bits per heavy atom. The van der Waals surface area contributed by atoms with Gasteiger partial charge in [-0.25, -0.2) is 0 Å². The molecule has 0 radical (unpaired) electrons. The summed E-state index contributed by atoms with van der Waals surface area (Å²) in [4.78, 5) is 1.21. The molecule has 22 heavy (non-hydrogen) atoms. The van der Waals surface area contributed by atoms with Crippen LogP contribution in [0.25, 0.3) is 0 Å². The van der Waals surface area contributed by atoms with Crippen LogP contribution in [0, 0.1) is 0 Å². The predicted octanol–water partition coefficient (Wildman–Crippen LogP) is 4.67. The van der Waals surface area contributed by atoms with Crippen LogP contribution in [-0.2, 0) is 15.9 Å². The van der Waals surface area contributed by atoms with E-state index in [1.54, 1.807) is 7.11 Å². The van der Waals surface area contributed by atoms with Crippen LogP contribution in [0.2, 0.25) is 0 Å². The maximum atomic E-state index is 5.60. The third-order valence-corrected chi connectivity index (χ3v) is 5.42. The highest BCUT2D eigenvalue weighted by molar-refractivity contribution is 7.98. The average molecular weight is 314 g/mol. The molecule has 1 fully saturated rings. The second-order valence-corrected chi connectivity index (χ2v) is 7.02. The average Bonchev–Trinajstić information content (AvgIpc) is 3.01. The van der Waals surface area contributed by atoms with Crippen molar-refractivity contribution in [2.45, 2.75) is 29.4 Å². The van der Waals surface area contributed by atoms with Gasteiger partial charge in [-0.15, -0.1) is 11.8 Å². The summed E-state index contributed by atoms with van der Waals surface area (Å²) < 4.78 is 11.1. The number of ether oxygens (including phenoxy) is 2. The second kappa shape index (κ2) is 6.76. The molecular formula is C19H22O2S. The van der Waals surface area contributed by atoms with Crippen LogP contribution >= 0.6 is 11.8 Å². The SMILES string of the molecule is COc1ccc(C2(C)CCOC2)cc1SCc1ccccc1. The summed E-state index contributed by atoms with van der Waals surface area (Å²) in [5, 5.41) is 0. The summed E-state index contributed by atoms with van der Waals surface area (Å²) >= 11 is 1.83. The van der Waals surface area contributed by atoms with E-state index in [1.165, 1.54) is 16.0 Å². The molecule has 1 saturated heterocycles. The zero-order valence-electron chi connectivity index (χ0n) is 13.2. The molecule has 2 aromatic carbocycles. The molecule has 1 atom stereocenters. The Bertz CT molecular complexity index is 619. The van der Waals surface area contributed by atoms with Crippen LogP contribution in [0.4, 0.5) is 0 Å². The Morgan fingerprint density at radius 1 is 1.18 bits per heavy atom. The van der Waals surface area contributed by atoms with E-state index in [-0.39, 0.29) is 5.41 Å². The van der Waals surface area contributed by atoms with Gasteiger partial charge in [0.15, 0.2) is 0 Å². The van der Waals surface area contributed by atoms with Crippen LogP contribution in [0.5, 0.6) is 5.75 Å². The first-order valence-electron chi connectivity index (χ1n) is 7.64. The molecule has 116 valence electrons. The van der Waals surface area contributed by atoms with Crippen LogP contribution < -0.4 is 4.74 Å². The van der Waals surface area contributed by atoms with Crippen molar-refractivity contribution in [1.29, 1.82) is 0 Å². The van der Waals surface area contributed by atoms with Crippen molar-refractivity contribution in [3.8, 4) is 5.75 Å². The van der Waals surface area contributed by atoms with Crippen LogP contribution in [-0.4, -0.2) is 20.3 Å². The van der Waals surface area contributed by atoms with Crippen molar-refractivity contribution in [3.63, 3.8) is 0 Å². The van der Waals surface area contributed by atoms with Gasteiger partial charge < -0.3 is 9.47 Å². The Balaban J connectivity index is 1.82. The topological polar surface area (TPSA) is 18.5 Å². The number of thioether (sulfide) groups is 1. The largest absolute Gasteiger partial charge is 0.496 e. The van der Waals surface area contributed by atoms with E-state index >= 15 is 0 Å². The Labute approximate surface area is 136 Å². The maximum absolute atomic E-state index is 5.60. The molecule has 1 unspecified atom stereocenters. The van der Waals surface area contributed by atoms with E-state index < -0.39 is 0 Å². The van der Waals surface area contributed by atoms with Crippen LogP contribution in [0.1, 0.15) is 24.5 Å². The van der Waals surface area contributed by atoms with Crippen molar-refractivity contribution in [2.24, 2.45) is 0 Å². The standard InChI is InChI=1S/C19H22O2S/c1-19(10-11-21-14-19)16-8-9-17(20-2)18(12-16)22-13-15-6-4-3-5-7-15/h3-9,12H,10-11,13-14H2,1-2H3. The van der Waals surface area contributed by atoms with Crippen molar-refractivity contribution in [3.05, 3.63) is 59.7 Å². The molecule has 3 heteroatoms. The molecule has 1 aliphatic rings. The molecule has 0 bridgehead atoms. The number of hydrogen-bond acceptors (Lipinski definition) is 3. The van der Waals surface area contributed by atoms with E-state index in [0.717, 1.165) is 31.1 Å². The van der Waals surface area contributed by atoms with Crippen molar-refractivity contribution in [2.75, 3.05) is 20.3 Å². The lowest BCUT2D eigenvalue weighted by Crippen LogP contribution is -2.21. The number of benzene rings is 2. The zero-order chi connectivity index (χ0) is 15.4. The first kappa shape index (κ1) is 15.4. The normalized spacial score (nSPS) is 21.0. The fraction of sp³-hybridized carbons (Fsp3) is 0.368. The minimum Gasteiger partial charge on any atom is -0.496 e. The molecule has 0 aliphatic carbocycles. The van der Waals surface area contributed by atoms with Gasteiger partial charge in [0.2, 0.25) is 0 Å². The molecule has 0 spiro atoms. The Morgan fingerprint density at radius 3 is 2.68 bits per heavy atom. The van der Waals surface area contributed by atoms with Gasteiger partial charge in [-0.2, -0.15) is 0 Å². The fourth-order valence-electron chi connectivity index (χ4n) is 2.79. The summed E-state index contributed by atoms with van der Waals surface area (Å²) in [7, 11) is 1.74. The van der Waals surface area contributed by atoms with Crippen LogP contribution in [0.3, 0.4) is 0 Å². The van der Waals surface area contributed by atoms with E-state index in [2.05, 4.69) is 55.5 Å².